The van der Waals surface area contributed by atoms with Crippen LogP contribution in [0.15, 0.2) is 18.2 Å². The Labute approximate surface area is 136 Å². The van der Waals surface area contributed by atoms with Crippen LogP contribution in [0, 0.1) is 0 Å². The summed E-state index contributed by atoms with van der Waals surface area (Å²) < 4.78 is 10.6. The Kier molecular flexibility index (Phi) is 6.64. The zero-order valence-electron chi connectivity index (χ0n) is 13.1. The molecule has 1 saturated heterocycles. The average molecular weight is 327 g/mol. The highest BCUT2D eigenvalue weighted by atomic mass is 35.5. The first-order valence-electron chi connectivity index (χ1n) is 7.61. The fraction of sp³-hybridized carbons (Fsp3) is 0.562. The molecule has 1 aliphatic heterocycles. The molecule has 22 heavy (non-hydrogen) atoms. The first-order chi connectivity index (χ1) is 10.6. The highest BCUT2D eigenvalue weighted by Gasteiger charge is 2.15. The van der Waals surface area contributed by atoms with Crippen molar-refractivity contribution in [3.8, 4) is 0 Å². The molecule has 1 amide bonds. The third-order valence-corrected chi connectivity index (χ3v) is 3.96. The van der Waals surface area contributed by atoms with Gasteiger partial charge in [-0.3, -0.25) is 9.69 Å². The van der Waals surface area contributed by atoms with Crippen LogP contribution in [0.1, 0.15) is 19.4 Å². The maximum Gasteiger partial charge on any atom is 0.253 e. The molecule has 0 spiro atoms. The summed E-state index contributed by atoms with van der Waals surface area (Å²) in [6.45, 7) is 8.26. The predicted molar refractivity (Wildman–Crippen MR) is 87.3 cm³/mol. The van der Waals surface area contributed by atoms with Gasteiger partial charge in [0.2, 0.25) is 0 Å². The van der Waals surface area contributed by atoms with E-state index in [0.29, 0.717) is 17.3 Å². The lowest BCUT2D eigenvalue weighted by molar-refractivity contribution is -0.126. The fourth-order valence-electron chi connectivity index (χ4n) is 2.32. The van der Waals surface area contributed by atoms with Gasteiger partial charge >= 0.3 is 0 Å². The summed E-state index contributed by atoms with van der Waals surface area (Å²) >= 11 is 6.33. The van der Waals surface area contributed by atoms with E-state index in [0.717, 1.165) is 38.4 Å². The van der Waals surface area contributed by atoms with Crippen LogP contribution in [0.5, 0.6) is 0 Å². The second-order valence-corrected chi connectivity index (χ2v) is 5.69. The number of halogens is 1. The number of nitrogens with zero attached hydrogens (tertiary/aromatic N) is 1. The van der Waals surface area contributed by atoms with E-state index in [1.54, 1.807) is 13.0 Å². The molecule has 0 bridgehead atoms. The molecule has 122 valence electrons. The van der Waals surface area contributed by atoms with Gasteiger partial charge in [0.15, 0.2) is 0 Å². The second kappa shape index (κ2) is 8.48. The molecule has 1 atom stereocenters. The number of hydrogen-bond donors (Lipinski definition) is 1. The van der Waals surface area contributed by atoms with Crippen LogP contribution < -0.4 is 5.32 Å². The van der Waals surface area contributed by atoms with Gasteiger partial charge in [-0.05, 0) is 31.5 Å². The zero-order valence-corrected chi connectivity index (χ0v) is 13.9. The average Bonchev–Trinajstić information content (AvgIpc) is 2.51. The molecule has 1 aliphatic rings. The van der Waals surface area contributed by atoms with Crippen molar-refractivity contribution in [2.75, 3.05) is 38.2 Å². The zero-order chi connectivity index (χ0) is 15.9. The van der Waals surface area contributed by atoms with Gasteiger partial charge in [-0.15, -0.1) is 0 Å². The van der Waals surface area contributed by atoms with Crippen molar-refractivity contribution < 1.29 is 14.3 Å². The number of carbonyl (C=O) groups excluding carboxylic acids is 1. The lowest BCUT2D eigenvalue weighted by Crippen LogP contribution is -2.35. The molecule has 1 aromatic carbocycles. The van der Waals surface area contributed by atoms with E-state index in [1.165, 1.54) is 0 Å². The van der Waals surface area contributed by atoms with E-state index in [1.807, 2.05) is 19.1 Å². The Hall–Kier alpha value is -1.14. The number of carbonyl (C=O) groups is 1. The number of ether oxygens (including phenoxy) is 2. The third-order valence-electron chi connectivity index (χ3n) is 3.60. The van der Waals surface area contributed by atoms with Crippen LogP contribution in [0.4, 0.5) is 5.69 Å². The first kappa shape index (κ1) is 17.2. The Morgan fingerprint density at radius 1 is 1.45 bits per heavy atom. The van der Waals surface area contributed by atoms with Crippen molar-refractivity contribution in [1.29, 1.82) is 0 Å². The molecule has 1 heterocycles. The summed E-state index contributed by atoms with van der Waals surface area (Å²) in [6, 6.07) is 5.62. The molecule has 1 aromatic rings. The van der Waals surface area contributed by atoms with Gasteiger partial charge < -0.3 is 14.8 Å². The van der Waals surface area contributed by atoms with E-state index in [4.69, 9.17) is 21.1 Å². The Morgan fingerprint density at radius 2 is 2.18 bits per heavy atom. The van der Waals surface area contributed by atoms with Crippen LogP contribution >= 0.6 is 11.6 Å². The molecule has 0 radical (unpaired) electrons. The van der Waals surface area contributed by atoms with Crippen LogP contribution in [0.2, 0.25) is 5.02 Å². The smallest absolute Gasteiger partial charge is 0.253 e. The molecule has 0 aliphatic carbocycles. The van der Waals surface area contributed by atoms with Crippen LogP contribution in [0.3, 0.4) is 0 Å². The first-order valence-corrected chi connectivity index (χ1v) is 7.99. The highest BCUT2D eigenvalue weighted by molar-refractivity contribution is 6.31. The molecule has 1 fully saturated rings. The van der Waals surface area contributed by atoms with Gasteiger partial charge in [-0.1, -0.05) is 17.7 Å². The van der Waals surface area contributed by atoms with E-state index in [2.05, 4.69) is 10.2 Å². The third kappa shape index (κ3) is 4.95. The molecule has 2 rings (SSSR count). The summed E-state index contributed by atoms with van der Waals surface area (Å²) in [4.78, 5) is 14.2. The van der Waals surface area contributed by atoms with E-state index >= 15 is 0 Å². The van der Waals surface area contributed by atoms with Crippen LogP contribution in [0.25, 0.3) is 0 Å². The molecule has 1 unspecified atom stereocenters. The minimum atomic E-state index is -0.475. The monoisotopic (exact) mass is 326 g/mol. The number of anilines is 1. The van der Waals surface area contributed by atoms with Gasteiger partial charge in [0, 0.05) is 37.0 Å². The highest BCUT2D eigenvalue weighted by Crippen LogP contribution is 2.23. The number of hydrogen-bond acceptors (Lipinski definition) is 4. The molecule has 1 N–H and O–H groups in total. The molecule has 0 aromatic heterocycles. The van der Waals surface area contributed by atoms with Gasteiger partial charge in [-0.25, -0.2) is 0 Å². The summed E-state index contributed by atoms with van der Waals surface area (Å²) in [7, 11) is 0. The van der Waals surface area contributed by atoms with Gasteiger partial charge in [0.1, 0.15) is 6.10 Å². The van der Waals surface area contributed by atoms with Crippen molar-refractivity contribution in [2.24, 2.45) is 0 Å². The number of amides is 1. The summed E-state index contributed by atoms with van der Waals surface area (Å²) in [5.41, 5.74) is 1.74. The molecular formula is C16H23ClN2O3. The van der Waals surface area contributed by atoms with Gasteiger partial charge in [0.25, 0.3) is 5.91 Å². The van der Waals surface area contributed by atoms with E-state index in [-0.39, 0.29) is 5.91 Å². The molecular weight excluding hydrogens is 304 g/mol. The fourth-order valence-corrected chi connectivity index (χ4v) is 2.56. The number of nitrogens with one attached hydrogen (secondary N) is 1. The Bertz CT molecular complexity index is 504. The van der Waals surface area contributed by atoms with Crippen molar-refractivity contribution >= 4 is 23.2 Å². The summed E-state index contributed by atoms with van der Waals surface area (Å²) in [6.07, 6.45) is -0.475. The number of benzene rings is 1. The predicted octanol–water partition coefficient (Wildman–Crippen LogP) is 2.54. The van der Waals surface area contributed by atoms with E-state index < -0.39 is 6.10 Å². The van der Waals surface area contributed by atoms with Crippen molar-refractivity contribution in [1.82, 2.24) is 4.90 Å². The summed E-state index contributed by atoms with van der Waals surface area (Å²) in [5, 5.41) is 3.48. The molecule has 0 saturated carbocycles. The number of morpholine rings is 1. The Morgan fingerprint density at radius 3 is 2.82 bits per heavy atom. The lowest BCUT2D eigenvalue weighted by atomic mass is 10.1. The largest absolute Gasteiger partial charge is 0.379 e. The Balaban J connectivity index is 1.95. The van der Waals surface area contributed by atoms with Crippen LogP contribution in [-0.4, -0.2) is 49.8 Å². The lowest BCUT2D eigenvalue weighted by Gasteiger charge is -2.27. The SMILES string of the molecule is CCOC(C)C(=O)Nc1ccc(CN2CCOCC2)c(Cl)c1. The maximum absolute atomic E-state index is 11.9. The van der Waals surface area contributed by atoms with Crippen LogP contribution in [-0.2, 0) is 20.8 Å². The number of rotatable bonds is 6. The van der Waals surface area contributed by atoms with Crippen molar-refractivity contribution in [2.45, 2.75) is 26.5 Å². The van der Waals surface area contributed by atoms with E-state index in [9.17, 15) is 4.79 Å². The summed E-state index contributed by atoms with van der Waals surface area (Å²) in [5.74, 6) is -0.168. The van der Waals surface area contributed by atoms with Crippen molar-refractivity contribution in [3.63, 3.8) is 0 Å². The molecule has 5 nitrogen and oxygen atoms in total. The standard InChI is InChI=1S/C16H23ClN2O3/c1-3-22-12(2)16(20)18-14-5-4-13(15(17)10-14)11-19-6-8-21-9-7-19/h4-5,10,12H,3,6-9,11H2,1-2H3,(H,18,20). The second-order valence-electron chi connectivity index (χ2n) is 5.28. The quantitative estimate of drug-likeness (QED) is 0.873. The topological polar surface area (TPSA) is 50.8 Å². The van der Waals surface area contributed by atoms with Gasteiger partial charge in [-0.2, -0.15) is 0 Å². The normalized spacial score (nSPS) is 17.2. The van der Waals surface area contributed by atoms with Crippen molar-refractivity contribution in [3.05, 3.63) is 28.8 Å². The minimum absolute atomic E-state index is 0.168. The maximum atomic E-state index is 11.9. The minimum Gasteiger partial charge on any atom is -0.379 e. The van der Waals surface area contributed by atoms with Gasteiger partial charge in [0.05, 0.1) is 13.2 Å². The molecule has 6 heteroatoms.